The van der Waals surface area contributed by atoms with Gasteiger partial charge in [0.2, 0.25) is 10.0 Å². The number of sulfonamides is 1. The van der Waals surface area contributed by atoms with E-state index < -0.39 is 26.6 Å². The minimum atomic E-state index is -4.15. The smallest absolute Gasteiger partial charge is 0.243 e. The second-order valence-corrected chi connectivity index (χ2v) is 11.4. The molecule has 0 atom stereocenters. The standard InChI is InChI=1S/C25H28F2N6O3S/c1-31-6-8-32(9-7-31)18-2-3-20(22(28)13-18)25(34)14-24-21-15-33(5-4-23(21)29-30-24)37(35,36)19-11-16(26)10-17(27)12-19/h2-3,10-13H,4-9,14-15,28H2,1H3,(H,29,30). The highest BCUT2D eigenvalue weighted by Crippen LogP contribution is 2.29. The number of anilines is 2. The molecule has 0 saturated carbocycles. The lowest BCUT2D eigenvalue weighted by molar-refractivity contribution is 0.0992. The molecule has 0 spiro atoms. The van der Waals surface area contributed by atoms with Gasteiger partial charge in [0.05, 0.1) is 17.0 Å². The molecule has 196 valence electrons. The monoisotopic (exact) mass is 530 g/mol. The van der Waals surface area contributed by atoms with Crippen molar-refractivity contribution in [1.82, 2.24) is 19.4 Å². The number of nitrogens with zero attached hydrogens (tertiary/aromatic N) is 4. The Kier molecular flexibility index (Phi) is 6.73. The Morgan fingerprint density at radius 2 is 1.76 bits per heavy atom. The van der Waals surface area contributed by atoms with Crippen LogP contribution in [0.15, 0.2) is 41.3 Å². The van der Waals surface area contributed by atoms with E-state index in [-0.39, 0.29) is 25.3 Å². The Morgan fingerprint density at radius 1 is 1.05 bits per heavy atom. The SMILES string of the molecule is CN1CCN(c2ccc(C(=O)Cc3n[nH]c4c3CN(S(=O)(=O)c3cc(F)cc(F)c3)CC4)c(N)c2)CC1. The van der Waals surface area contributed by atoms with Gasteiger partial charge in [-0.15, -0.1) is 0 Å². The van der Waals surface area contributed by atoms with Crippen LogP contribution in [0.1, 0.15) is 27.3 Å². The number of ketones is 1. The molecule has 12 heteroatoms. The number of nitrogens with two attached hydrogens (primary N) is 1. The molecule has 0 amide bonds. The summed E-state index contributed by atoms with van der Waals surface area (Å²) in [5.41, 5.74) is 9.73. The summed E-state index contributed by atoms with van der Waals surface area (Å²) in [5, 5.41) is 7.17. The molecule has 2 aliphatic heterocycles. The van der Waals surface area contributed by atoms with Gasteiger partial charge in [0, 0.05) is 80.0 Å². The molecule has 2 aliphatic rings. The van der Waals surface area contributed by atoms with Crippen LogP contribution in [-0.2, 0) is 29.4 Å². The Balaban J connectivity index is 1.33. The number of nitrogen functional groups attached to an aromatic ring is 1. The lowest BCUT2D eigenvalue weighted by atomic mass is 9.99. The third-order valence-corrected chi connectivity index (χ3v) is 8.81. The lowest BCUT2D eigenvalue weighted by Crippen LogP contribution is -2.44. The molecule has 1 fully saturated rings. The molecule has 9 nitrogen and oxygen atoms in total. The van der Waals surface area contributed by atoms with Gasteiger partial charge in [-0.25, -0.2) is 17.2 Å². The fourth-order valence-electron chi connectivity index (χ4n) is 4.82. The minimum absolute atomic E-state index is 0.0628. The van der Waals surface area contributed by atoms with E-state index in [1.165, 1.54) is 0 Å². The maximum absolute atomic E-state index is 13.7. The largest absolute Gasteiger partial charge is 0.398 e. The normalized spacial score (nSPS) is 17.1. The van der Waals surface area contributed by atoms with Gasteiger partial charge in [0.15, 0.2) is 5.78 Å². The van der Waals surface area contributed by atoms with Crippen LogP contribution in [0.3, 0.4) is 0 Å². The highest BCUT2D eigenvalue weighted by molar-refractivity contribution is 7.89. The van der Waals surface area contributed by atoms with Gasteiger partial charge in [0.1, 0.15) is 11.6 Å². The lowest BCUT2D eigenvalue weighted by Gasteiger charge is -2.34. The number of benzene rings is 2. The van der Waals surface area contributed by atoms with Crippen LogP contribution < -0.4 is 10.6 Å². The van der Waals surface area contributed by atoms with Gasteiger partial charge in [-0.3, -0.25) is 9.89 Å². The summed E-state index contributed by atoms with van der Waals surface area (Å²) in [6, 6.07) is 7.63. The van der Waals surface area contributed by atoms with Crippen LogP contribution in [0.5, 0.6) is 0 Å². The van der Waals surface area contributed by atoms with E-state index in [0.29, 0.717) is 35.0 Å². The number of fused-ring (bicyclic) bond motifs is 1. The van der Waals surface area contributed by atoms with Gasteiger partial charge in [-0.2, -0.15) is 9.40 Å². The number of halogens is 2. The molecule has 3 heterocycles. The number of nitrogens with one attached hydrogen (secondary N) is 1. The first-order valence-corrected chi connectivity index (χ1v) is 13.4. The number of carbonyl (C=O) groups is 1. The Morgan fingerprint density at radius 3 is 2.43 bits per heavy atom. The molecule has 3 aromatic rings. The molecular formula is C25H28F2N6O3S. The first kappa shape index (κ1) is 25.3. The zero-order valence-electron chi connectivity index (χ0n) is 20.4. The van der Waals surface area contributed by atoms with Crippen molar-refractivity contribution in [3.8, 4) is 0 Å². The Bertz CT molecular complexity index is 1430. The van der Waals surface area contributed by atoms with Crippen molar-refractivity contribution in [1.29, 1.82) is 0 Å². The number of hydrogen-bond acceptors (Lipinski definition) is 7. The fraction of sp³-hybridized carbons (Fsp3) is 0.360. The second kappa shape index (κ2) is 9.84. The van der Waals surface area contributed by atoms with Gasteiger partial charge < -0.3 is 15.5 Å². The predicted molar refractivity (Wildman–Crippen MR) is 135 cm³/mol. The molecule has 0 unspecified atom stereocenters. The summed E-state index contributed by atoms with van der Waals surface area (Å²) in [5.74, 6) is -2.17. The summed E-state index contributed by atoms with van der Waals surface area (Å²) in [6.07, 6.45) is 0.266. The third kappa shape index (κ3) is 5.09. The molecule has 2 aromatic carbocycles. The molecule has 37 heavy (non-hydrogen) atoms. The molecule has 0 radical (unpaired) electrons. The fourth-order valence-corrected chi connectivity index (χ4v) is 6.27. The van der Waals surface area contributed by atoms with Crippen molar-refractivity contribution in [3.05, 3.63) is 70.5 Å². The zero-order chi connectivity index (χ0) is 26.3. The number of hydrogen-bond donors (Lipinski definition) is 2. The van der Waals surface area contributed by atoms with E-state index in [9.17, 15) is 22.0 Å². The van der Waals surface area contributed by atoms with Gasteiger partial charge in [-0.1, -0.05) is 0 Å². The van der Waals surface area contributed by atoms with Crippen molar-refractivity contribution in [2.75, 3.05) is 50.4 Å². The molecule has 1 saturated heterocycles. The van der Waals surface area contributed by atoms with E-state index >= 15 is 0 Å². The summed E-state index contributed by atoms with van der Waals surface area (Å²) in [6.45, 7) is 3.71. The van der Waals surface area contributed by atoms with Gasteiger partial charge in [0.25, 0.3) is 0 Å². The summed E-state index contributed by atoms with van der Waals surface area (Å²) in [7, 11) is -2.07. The third-order valence-electron chi connectivity index (χ3n) is 6.99. The van der Waals surface area contributed by atoms with E-state index in [0.717, 1.165) is 54.0 Å². The number of H-pyrrole nitrogens is 1. The molecular weight excluding hydrogens is 502 g/mol. The topological polar surface area (TPSA) is 116 Å². The Labute approximate surface area is 213 Å². The highest BCUT2D eigenvalue weighted by Gasteiger charge is 2.32. The van der Waals surface area contributed by atoms with E-state index in [1.807, 2.05) is 12.1 Å². The van der Waals surface area contributed by atoms with Gasteiger partial charge >= 0.3 is 0 Å². The minimum Gasteiger partial charge on any atom is -0.398 e. The van der Waals surface area contributed by atoms with E-state index in [2.05, 4.69) is 27.0 Å². The number of piperazine rings is 1. The predicted octanol–water partition coefficient (Wildman–Crippen LogP) is 2.19. The second-order valence-electron chi connectivity index (χ2n) is 9.48. The van der Waals surface area contributed by atoms with Crippen LogP contribution in [0.25, 0.3) is 0 Å². The molecule has 0 aliphatic carbocycles. The number of aromatic nitrogens is 2. The molecule has 1 aromatic heterocycles. The number of likely N-dealkylation sites (N-methyl/N-ethyl adjacent to an activating group) is 1. The average molecular weight is 531 g/mol. The summed E-state index contributed by atoms with van der Waals surface area (Å²) in [4.78, 5) is 17.2. The number of Topliss-reactive ketones (excluding diaryl/α,β-unsaturated/α-hetero) is 1. The molecule has 0 bridgehead atoms. The number of aromatic amines is 1. The summed E-state index contributed by atoms with van der Waals surface area (Å²) < 4.78 is 54.6. The van der Waals surface area contributed by atoms with Crippen molar-refractivity contribution in [2.24, 2.45) is 0 Å². The van der Waals surface area contributed by atoms with E-state index in [1.54, 1.807) is 6.07 Å². The molecule has 3 N–H and O–H groups in total. The first-order chi connectivity index (χ1) is 17.6. The van der Waals surface area contributed by atoms with Crippen LogP contribution in [0.2, 0.25) is 0 Å². The highest BCUT2D eigenvalue weighted by atomic mass is 32.2. The van der Waals surface area contributed by atoms with Crippen LogP contribution in [0, 0.1) is 11.6 Å². The van der Waals surface area contributed by atoms with Gasteiger partial charge in [-0.05, 0) is 37.4 Å². The van der Waals surface area contributed by atoms with E-state index in [4.69, 9.17) is 5.73 Å². The maximum atomic E-state index is 13.7. The van der Waals surface area contributed by atoms with Crippen LogP contribution in [0.4, 0.5) is 20.2 Å². The zero-order valence-corrected chi connectivity index (χ0v) is 21.2. The van der Waals surface area contributed by atoms with Crippen LogP contribution in [-0.4, -0.2) is 73.4 Å². The molecule has 5 rings (SSSR count). The Hall–Kier alpha value is -3.35. The first-order valence-electron chi connectivity index (χ1n) is 12.0. The van der Waals surface area contributed by atoms with Crippen molar-refractivity contribution < 1.29 is 22.0 Å². The average Bonchev–Trinajstić information content (AvgIpc) is 3.25. The number of rotatable bonds is 6. The quantitative estimate of drug-likeness (QED) is 0.371. The van der Waals surface area contributed by atoms with Crippen molar-refractivity contribution in [2.45, 2.75) is 24.3 Å². The maximum Gasteiger partial charge on any atom is 0.243 e. The van der Waals surface area contributed by atoms with Crippen molar-refractivity contribution >= 4 is 27.2 Å². The van der Waals surface area contributed by atoms with Crippen LogP contribution >= 0.6 is 0 Å². The summed E-state index contributed by atoms with van der Waals surface area (Å²) >= 11 is 0. The van der Waals surface area contributed by atoms with Crippen molar-refractivity contribution in [3.63, 3.8) is 0 Å². The number of carbonyl (C=O) groups excluding carboxylic acids is 1.